The lowest BCUT2D eigenvalue weighted by Gasteiger charge is -2.37. The average Bonchev–Trinajstić information content (AvgIpc) is 3.54. The molecule has 10 nitrogen and oxygen atoms in total. The number of aliphatic hydroxyl groups excluding tert-OH is 1. The molecular weight excluding hydrogens is 478 g/mol. The first-order valence-corrected chi connectivity index (χ1v) is 13.9. The van der Waals surface area contributed by atoms with Crippen LogP contribution in [-0.2, 0) is 28.6 Å². The SMILES string of the molecule is C=CCN(CCN1CCOCC1)C(=O)[C@@H]1N(CCCCCCO)C(=O)[C@H]2[C@H](C(=O)OCC)[C@@H]3CC[C@]12O3. The molecule has 2 amide bonds. The van der Waals surface area contributed by atoms with Crippen molar-refractivity contribution in [3.63, 3.8) is 0 Å². The highest BCUT2D eigenvalue weighted by Gasteiger charge is 2.74. The third-order valence-electron chi connectivity index (χ3n) is 8.35. The van der Waals surface area contributed by atoms with Gasteiger partial charge in [-0.1, -0.05) is 18.9 Å². The Balaban J connectivity index is 1.57. The van der Waals surface area contributed by atoms with E-state index in [-0.39, 0.29) is 25.0 Å². The number of unbranched alkanes of at least 4 members (excludes halogenated alkanes) is 3. The summed E-state index contributed by atoms with van der Waals surface area (Å²) < 4.78 is 17.3. The van der Waals surface area contributed by atoms with E-state index in [1.165, 1.54) is 0 Å². The van der Waals surface area contributed by atoms with Crippen LogP contribution in [0.5, 0.6) is 0 Å². The van der Waals surface area contributed by atoms with E-state index in [2.05, 4.69) is 11.5 Å². The minimum Gasteiger partial charge on any atom is -0.466 e. The van der Waals surface area contributed by atoms with Gasteiger partial charge in [0.05, 0.1) is 37.8 Å². The molecule has 0 aromatic heterocycles. The van der Waals surface area contributed by atoms with Crippen molar-refractivity contribution in [3.8, 4) is 0 Å². The van der Waals surface area contributed by atoms with E-state index >= 15 is 0 Å². The summed E-state index contributed by atoms with van der Waals surface area (Å²) in [6.07, 6.45) is 5.68. The average molecular weight is 522 g/mol. The van der Waals surface area contributed by atoms with Crippen molar-refractivity contribution < 1.29 is 33.7 Å². The lowest BCUT2D eigenvalue weighted by Crippen LogP contribution is -2.57. The molecule has 4 saturated heterocycles. The number of amides is 2. The number of morpholine rings is 1. The Morgan fingerprint density at radius 2 is 1.97 bits per heavy atom. The fraction of sp³-hybridized carbons (Fsp3) is 0.815. The van der Waals surface area contributed by atoms with Gasteiger partial charge < -0.3 is 29.1 Å². The molecule has 4 aliphatic rings. The highest BCUT2D eigenvalue weighted by Crippen LogP contribution is 2.58. The third-order valence-corrected chi connectivity index (χ3v) is 8.35. The number of carbonyl (C=O) groups excluding carboxylic acids is 3. The third kappa shape index (κ3) is 5.57. The molecule has 208 valence electrons. The number of likely N-dealkylation sites (tertiary alicyclic amines) is 1. The van der Waals surface area contributed by atoms with E-state index in [4.69, 9.17) is 19.3 Å². The molecule has 0 saturated carbocycles. The Morgan fingerprint density at radius 3 is 2.68 bits per heavy atom. The second-order valence-corrected chi connectivity index (χ2v) is 10.5. The number of hydrogen-bond acceptors (Lipinski definition) is 8. The first-order chi connectivity index (χ1) is 18.0. The van der Waals surface area contributed by atoms with E-state index in [1.54, 1.807) is 22.8 Å². The van der Waals surface area contributed by atoms with Gasteiger partial charge in [-0.15, -0.1) is 6.58 Å². The summed E-state index contributed by atoms with van der Waals surface area (Å²) in [5.74, 6) is -2.07. The molecule has 0 unspecified atom stereocenters. The second-order valence-electron chi connectivity index (χ2n) is 10.5. The maximum atomic E-state index is 14.2. The molecule has 0 radical (unpaired) electrons. The molecule has 4 rings (SSSR count). The van der Waals surface area contributed by atoms with Crippen molar-refractivity contribution in [1.82, 2.24) is 14.7 Å². The van der Waals surface area contributed by atoms with Crippen LogP contribution < -0.4 is 0 Å². The lowest BCUT2D eigenvalue weighted by atomic mass is 9.70. The van der Waals surface area contributed by atoms with Crippen LogP contribution in [0.25, 0.3) is 0 Å². The fourth-order valence-electron chi connectivity index (χ4n) is 6.63. The molecule has 1 spiro atoms. The van der Waals surface area contributed by atoms with E-state index in [0.717, 1.165) is 38.9 Å². The van der Waals surface area contributed by atoms with Crippen LogP contribution >= 0.6 is 0 Å². The summed E-state index contributed by atoms with van der Waals surface area (Å²) in [5.41, 5.74) is -1.00. The van der Waals surface area contributed by atoms with Crippen LogP contribution in [0.15, 0.2) is 12.7 Å². The van der Waals surface area contributed by atoms with Crippen LogP contribution in [0.1, 0.15) is 45.4 Å². The van der Waals surface area contributed by atoms with Crippen LogP contribution in [0, 0.1) is 11.8 Å². The van der Waals surface area contributed by atoms with Crippen LogP contribution in [0.4, 0.5) is 0 Å². The van der Waals surface area contributed by atoms with Gasteiger partial charge in [0.2, 0.25) is 11.8 Å². The number of hydrogen-bond donors (Lipinski definition) is 1. The number of aliphatic hydroxyl groups is 1. The van der Waals surface area contributed by atoms with E-state index in [0.29, 0.717) is 52.1 Å². The summed E-state index contributed by atoms with van der Waals surface area (Å²) in [6.45, 7) is 11.1. The smallest absolute Gasteiger partial charge is 0.312 e. The Labute approximate surface area is 219 Å². The van der Waals surface area contributed by atoms with Crippen molar-refractivity contribution >= 4 is 17.8 Å². The minimum absolute atomic E-state index is 0.135. The first kappa shape index (κ1) is 28.0. The molecule has 0 aromatic rings. The van der Waals surface area contributed by atoms with Crippen molar-refractivity contribution in [1.29, 1.82) is 0 Å². The molecule has 5 atom stereocenters. The Hall–Kier alpha value is -2.01. The normalized spacial score (nSPS) is 31.0. The maximum absolute atomic E-state index is 14.2. The van der Waals surface area contributed by atoms with Gasteiger partial charge >= 0.3 is 5.97 Å². The van der Waals surface area contributed by atoms with Crippen molar-refractivity contribution in [2.45, 2.75) is 63.2 Å². The maximum Gasteiger partial charge on any atom is 0.312 e. The Morgan fingerprint density at radius 1 is 1.22 bits per heavy atom. The molecule has 37 heavy (non-hydrogen) atoms. The summed E-state index contributed by atoms with van der Waals surface area (Å²) in [4.78, 5) is 46.8. The van der Waals surface area contributed by atoms with Gasteiger partial charge in [-0.3, -0.25) is 19.3 Å². The van der Waals surface area contributed by atoms with Gasteiger partial charge in [-0.25, -0.2) is 0 Å². The Kier molecular flexibility index (Phi) is 9.61. The number of carbonyl (C=O) groups is 3. The first-order valence-electron chi connectivity index (χ1n) is 13.9. The second kappa shape index (κ2) is 12.7. The molecule has 2 bridgehead atoms. The predicted octanol–water partition coefficient (Wildman–Crippen LogP) is 0.824. The number of nitrogens with zero attached hydrogens (tertiary/aromatic N) is 3. The topological polar surface area (TPSA) is 109 Å². The highest BCUT2D eigenvalue weighted by atomic mass is 16.6. The molecule has 4 heterocycles. The van der Waals surface area contributed by atoms with Gasteiger partial charge in [-0.05, 0) is 32.6 Å². The monoisotopic (exact) mass is 521 g/mol. The summed E-state index contributed by atoms with van der Waals surface area (Å²) >= 11 is 0. The van der Waals surface area contributed by atoms with E-state index in [9.17, 15) is 14.4 Å². The minimum atomic E-state index is -1.00. The van der Waals surface area contributed by atoms with Gasteiger partial charge in [0, 0.05) is 45.9 Å². The molecule has 1 N–H and O–H groups in total. The Bertz CT molecular complexity index is 833. The van der Waals surface area contributed by atoms with Crippen molar-refractivity contribution in [2.75, 3.05) is 65.7 Å². The van der Waals surface area contributed by atoms with Crippen LogP contribution in [-0.4, -0.2) is 121 Å². The van der Waals surface area contributed by atoms with Crippen LogP contribution in [0.2, 0.25) is 0 Å². The van der Waals surface area contributed by atoms with Gasteiger partial charge in [0.1, 0.15) is 11.6 Å². The fourth-order valence-corrected chi connectivity index (χ4v) is 6.63. The summed E-state index contributed by atoms with van der Waals surface area (Å²) in [7, 11) is 0. The number of esters is 1. The lowest BCUT2D eigenvalue weighted by molar-refractivity contribution is -0.155. The molecule has 0 aliphatic carbocycles. The zero-order valence-corrected chi connectivity index (χ0v) is 22.1. The standard InChI is InChI=1S/C27H43N3O7/c1-3-11-29(14-13-28-15-18-35-19-16-28)25(33)23-27-10-9-20(37-27)21(26(34)36-4-2)22(27)24(32)30(23)12-7-5-6-8-17-31/h3,20-23,31H,1,4-19H2,2H3/t20-,21+,22+,23-,27+/m0/s1. The zero-order valence-electron chi connectivity index (χ0n) is 22.1. The van der Waals surface area contributed by atoms with Gasteiger partial charge in [0.15, 0.2) is 0 Å². The van der Waals surface area contributed by atoms with E-state index < -0.39 is 35.6 Å². The zero-order chi connectivity index (χ0) is 26.4. The van der Waals surface area contributed by atoms with Crippen LogP contribution in [0.3, 0.4) is 0 Å². The largest absolute Gasteiger partial charge is 0.466 e. The van der Waals surface area contributed by atoms with Crippen molar-refractivity contribution in [3.05, 3.63) is 12.7 Å². The van der Waals surface area contributed by atoms with Crippen molar-refractivity contribution in [2.24, 2.45) is 11.8 Å². The molecule has 4 fully saturated rings. The molecule has 4 aliphatic heterocycles. The number of rotatable bonds is 14. The summed E-state index contributed by atoms with van der Waals surface area (Å²) in [6, 6.07) is -0.767. The molecule has 10 heteroatoms. The highest BCUT2D eigenvalue weighted by molar-refractivity contribution is 5.98. The molecule has 0 aromatic carbocycles. The number of ether oxygens (including phenoxy) is 3. The van der Waals surface area contributed by atoms with E-state index in [1.807, 2.05) is 0 Å². The molecular formula is C27H43N3O7. The summed E-state index contributed by atoms with van der Waals surface area (Å²) in [5, 5.41) is 9.10. The van der Waals surface area contributed by atoms with Gasteiger partial charge in [0.25, 0.3) is 0 Å². The number of fused-ring (bicyclic) bond motifs is 1. The quantitative estimate of drug-likeness (QED) is 0.203. The predicted molar refractivity (Wildman–Crippen MR) is 136 cm³/mol. The van der Waals surface area contributed by atoms with Gasteiger partial charge in [-0.2, -0.15) is 0 Å².